The molecule has 1 aromatic rings. The van der Waals surface area contributed by atoms with Gasteiger partial charge in [-0.3, -0.25) is 4.79 Å². The third kappa shape index (κ3) is 4.37. The fraction of sp³-hybridized carbons (Fsp3) is 0.500. The van der Waals surface area contributed by atoms with Gasteiger partial charge in [0.1, 0.15) is 5.75 Å². The lowest BCUT2D eigenvalue weighted by molar-refractivity contribution is -0.124. The van der Waals surface area contributed by atoms with Crippen LogP contribution in [0.1, 0.15) is 32.8 Å². The lowest BCUT2D eigenvalue weighted by Crippen LogP contribution is -2.44. The Labute approximate surface area is 108 Å². The van der Waals surface area contributed by atoms with E-state index in [4.69, 9.17) is 9.84 Å². The van der Waals surface area contributed by atoms with Crippen LogP contribution in [0.25, 0.3) is 0 Å². The van der Waals surface area contributed by atoms with Crippen LogP contribution in [-0.2, 0) is 11.4 Å². The summed E-state index contributed by atoms with van der Waals surface area (Å²) in [6, 6.07) is 7.13. The molecule has 1 amide bonds. The first kappa shape index (κ1) is 14.5. The zero-order valence-electron chi connectivity index (χ0n) is 11.2. The first-order chi connectivity index (χ1) is 8.48. The fourth-order valence-electron chi connectivity index (χ4n) is 1.42. The standard InChI is InChI=1S/C14H21NO3/c1-4-14(2,3)15-13(17)10-18-12-8-6-5-7-11(12)9-16/h5-8,16H,4,9-10H2,1-3H3,(H,15,17). The van der Waals surface area contributed by atoms with Crippen molar-refractivity contribution in [2.24, 2.45) is 0 Å². The van der Waals surface area contributed by atoms with Crippen LogP contribution in [-0.4, -0.2) is 23.2 Å². The van der Waals surface area contributed by atoms with Crippen LogP contribution in [0.2, 0.25) is 0 Å². The third-order valence-corrected chi connectivity index (χ3v) is 2.86. The number of para-hydroxylation sites is 1. The normalized spacial score (nSPS) is 11.1. The Bertz CT molecular complexity index is 402. The second-order valence-electron chi connectivity index (χ2n) is 4.84. The smallest absolute Gasteiger partial charge is 0.258 e. The number of carbonyl (C=O) groups excluding carboxylic acids is 1. The predicted molar refractivity (Wildman–Crippen MR) is 70.4 cm³/mol. The minimum Gasteiger partial charge on any atom is -0.483 e. The van der Waals surface area contributed by atoms with E-state index < -0.39 is 0 Å². The molecule has 0 bridgehead atoms. The molecule has 1 rings (SSSR count). The van der Waals surface area contributed by atoms with E-state index in [-0.39, 0.29) is 24.7 Å². The molecular formula is C14H21NO3. The number of hydrogen-bond donors (Lipinski definition) is 2. The van der Waals surface area contributed by atoms with E-state index in [2.05, 4.69) is 5.32 Å². The molecule has 0 aliphatic rings. The summed E-state index contributed by atoms with van der Waals surface area (Å²) in [6.07, 6.45) is 0.853. The largest absolute Gasteiger partial charge is 0.483 e. The molecule has 0 saturated heterocycles. The molecular weight excluding hydrogens is 230 g/mol. The van der Waals surface area contributed by atoms with E-state index in [0.717, 1.165) is 6.42 Å². The van der Waals surface area contributed by atoms with Gasteiger partial charge in [-0.25, -0.2) is 0 Å². The van der Waals surface area contributed by atoms with Gasteiger partial charge in [0.2, 0.25) is 0 Å². The van der Waals surface area contributed by atoms with Crippen molar-refractivity contribution in [2.45, 2.75) is 39.3 Å². The Morgan fingerprint density at radius 1 is 1.39 bits per heavy atom. The van der Waals surface area contributed by atoms with Crippen molar-refractivity contribution in [3.63, 3.8) is 0 Å². The van der Waals surface area contributed by atoms with Gasteiger partial charge < -0.3 is 15.2 Å². The Balaban J connectivity index is 2.52. The summed E-state index contributed by atoms with van der Waals surface area (Å²) in [6.45, 7) is 5.81. The van der Waals surface area contributed by atoms with Crippen molar-refractivity contribution in [2.75, 3.05) is 6.61 Å². The van der Waals surface area contributed by atoms with E-state index in [1.54, 1.807) is 12.1 Å². The minimum absolute atomic E-state index is 0.0412. The monoisotopic (exact) mass is 251 g/mol. The minimum atomic E-state index is -0.225. The number of rotatable bonds is 6. The van der Waals surface area contributed by atoms with Crippen LogP contribution in [0.3, 0.4) is 0 Å². The molecule has 0 aliphatic heterocycles. The first-order valence-corrected chi connectivity index (χ1v) is 6.11. The highest BCUT2D eigenvalue weighted by Gasteiger charge is 2.18. The van der Waals surface area contributed by atoms with Gasteiger partial charge in [0, 0.05) is 11.1 Å². The number of carbonyl (C=O) groups is 1. The van der Waals surface area contributed by atoms with Gasteiger partial charge in [-0.2, -0.15) is 0 Å². The molecule has 4 heteroatoms. The average Bonchev–Trinajstić information content (AvgIpc) is 2.36. The fourth-order valence-corrected chi connectivity index (χ4v) is 1.42. The number of benzene rings is 1. The Morgan fingerprint density at radius 3 is 2.67 bits per heavy atom. The third-order valence-electron chi connectivity index (χ3n) is 2.86. The molecule has 18 heavy (non-hydrogen) atoms. The van der Waals surface area contributed by atoms with Gasteiger partial charge in [0.15, 0.2) is 6.61 Å². The highest BCUT2D eigenvalue weighted by atomic mass is 16.5. The average molecular weight is 251 g/mol. The first-order valence-electron chi connectivity index (χ1n) is 6.11. The molecule has 0 saturated carbocycles. The molecule has 0 radical (unpaired) electrons. The van der Waals surface area contributed by atoms with Crippen LogP contribution in [0.15, 0.2) is 24.3 Å². The van der Waals surface area contributed by atoms with E-state index >= 15 is 0 Å². The van der Waals surface area contributed by atoms with Gasteiger partial charge in [-0.1, -0.05) is 25.1 Å². The van der Waals surface area contributed by atoms with Crippen LogP contribution >= 0.6 is 0 Å². The summed E-state index contributed by atoms with van der Waals surface area (Å²) < 4.78 is 5.41. The van der Waals surface area contributed by atoms with Crippen LogP contribution in [0.5, 0.6) is 5.75 Å². The van der Waals surface area contributed by atoms with Gasteiger partial charge in [-0.15, -0.1) is 0 Å². The zero-order valence-corrected chi connectivity index (χ0v) is 11.2. The second-order valence-corrected chi connectivity index (χ2v) is 4.84. The van der Waals surface area contributed by atoms with Crippen molar-refractivity contribution < 1.29 is 14.6 Å². The van der Waals surface area contributed by atoms with Gasteiger partial charge in [0.05, 0.1) is 6.61 Å². The summed E-state index contributed by atoms with van der Waals surface area (Å²) in [5.41, 5.74) is 0.455. The summed E-state index contributed by atoms with van der Waals surface area (Å²) in [5.74, 6) is 0.388. The molecule has 0 aromatic heterocycles. The summed E-state index contributed by atoms with van der Waals surface area (Å²) in [5, 5.41) is 12.0. The molecule has 4 nitrogen and oxygen atoms in total. The zero-order chi connectivity index (χ0) is 13.6. The molecule has 0 heterocycles. The van der Waals surface area contributed by atoms with E-state index in [0.29, 0.717) is 11.3 Å². The molecule has 0 unspecified atom stereocenters. The summed E-state index contributed by atoms with van der Waals surface area (Å²) >= 11 is 0. The predicted octanol–water partition coefficient (Wildman–Crippen LogP) is 1.86. The quantitative estimate of drug-likeness (QED) is 0.811. The number of aliphatic hydroxyl groups is 1. The number of hydrogen-bond acceptors (Lipinski definition) is 3. The van der Waals surface area contributed by atoms with Crippen LogP contribution in [0, 0.1) is 0 Å². The number of amides is 1. The molecule has 0 aliphatic carbocycles. The Morgan fingerprint density at radius 2 is 2.06 bits per heavy atom. The van der Waals surface area contributed by atoms with Crippen molar-refractivity contribution in [1.82, 2.24) is 5.32 Å². The molecule has 1 aromatic carbocycles. The lowest BCUT2D eigenvalue weighted by atomic mass is 10.0. The summed E-state index contributed by atoms with van der Waals surface area (Å²) in [7, 11) is 0. The maximum Gasteiger partial charge on any atom is 0.258 e. The van der Waals surface area contributed by atoms with Crippen molar-refractivity contribution in [1.29, 1.82) is 0 Å². The van der Waals surface area contributed by atoms with E-state index in [1.165, 1.54) is 0 Å². The lowest BCUT2D eigenvalue weighted by Gasteiger charge is -2.24. The molecule has 0 atom stereocenters. The second kappa shape index (κ2) is 6.40. The maximum atomic E-state index is 11.7. The topological polar surface area (TPSA) is 58.6 Å². The Kier molecular flexibility index (Phi) is 5.16. The highest BCUT2D eigenvalue weighted by Crippen LogP contribution is 2.17. The van der Waals surface area contributed by atoms with Gasteiger partial charge in [-0.05, 0) is 26.3 Å². The van der Waals surface area contributed by atoms with E-state index in [9.17, 15) is 4.79 Å². The summed E-state index contributed by atoms with van der Waals surface area (Å²) in [4.78, 5) is 11.7. The van der Waals surface area contributed by atoms with Crippen molar-refractivity contribution >= 4 is 5.91 Å². The van der Waals surface area contributed by atoms with Crippen LogP contribution < -0.4 is 10.1 Å². The Hall–Kier alpha value is -1.55. The molecule has 0 spiro atoms. The van der Waals surface area contributed by atoms with Gasteiger partial charge >= 0.3 is 0 Å². The molecule has 2 N–H and O–H groups in total. The van der Waals surface area contributed by atoms with Crippen LogP contribution in [0.4, 0.5) is 0 Å². The maximum absolute atomic E-state index is 11.7. The highest BCUT2D eigenvalue weighted by molar-refractivity contribution is 5.78. The number of aliphatic hydroxyl groups excluding tert-OH is 1. The van der Waals surface area contributed by atoms with E-state index in [1.807, 2.05) is 32.9 Å². The van der Waals surface area contributed by atoms with Gasteiger partial charge in [0.25, 0.3) is 5.91 Å². The van der Waals surface area contributed by atoms with Crippen molar-refractivity contribution in [3.05, 3.63) is 29.8 Å². The molecule has 100 valence electrons. The molecule has 0 fully saturated rings. The van der Waals surface area contributed by atoms with Crippen molar-refractivity contribution in [3.8, 4) is 5.75 Å². The number of ether oxygens (including phenoxy) is 1. The SMILES string of the molecule is CCC(C)(C)NC(=O)COc1ccccc1CO. The number of nitrogens with one attached hydrogen (secondary N) is 1.